The minimum absolute atomic E-state index is 0. The number of nitrogens with one attached hydrogen (secondary N) is 1. The summed E-state index contributed by atoms with van der Waals surface area (Å²) in [5, 5.41) is 2.47. The SMILES string of the molecule is Cl.O=C1N[C@H](c2cc(Br)cc(OC(F)(F)F)c2)CO1. The molecule has 1 aliphatic heterocycles. The van der Waals surface area contributed by atoms with E-state index in [2.05, 4.69) is 30.7 Å². The quantitative estimate of drug-likeness (QED) is 0.875. The number of alkyl halides is 3. The van der Waals surface area contributed by atoms with Gasteiger partial charge in [-0.05, 0) is 23.8 Å². The highest BCUT2D eigenvalue weighted by Gasteiger charge is 2.32. The number of cyclic esters (lactones) is 1. The van der Waals surface area contributed by atoms with Gasteiger partial charge in [0.05, 0.1) is 6.04 Å². The zero-order chi connectivity index (χ0) is 13.3. The Morgan fingerprint density at radius 2 is 2.05 bits per heavy atom. The van der Waals surface area contributed by atoms with Crippen LogP contribution in [0.15, 0.2) is 22.7 Å². The minimum atomic E-state index is -4.76. The van der Waals surface area contributed by atoms with Crippen molar-refractivity contribution in [1.82, 2.24) is 5.32 Å². The Bertz CT molecular complexity index is 484. The average Bonchev–Trinajstić information content (AvgIpc) is 2.61. The van der Waals surface area contributed by atoms with Gasteiger partial charge in [-0.3, -0.25) is 0 Å². The van der Waals surface area contributed by atoms with Crippen LogP contribution in [-0.4, -0.2) is 19.1 Å². The highest BCUT2D eigenvalue weighted by Crippen LogP contribution is 2.30. The van der Waals surface area contributed by atoms with E-state index in [9.17, 15) is 18.0 Å². The van der Waals surface area contributed by atoms with Crippen LogP contribution in [0.4, 0.5) is 18.0 Å². The fraction of sp³-hybridized carbons (Fsp3) is 0.300. The Hall–Kier alpha value is -1.15. The van der Waals surface area contributed by atoms with E-state index >= 15 is 0 Å². The number of benzene rings is 1. The Labute approximate surface area is 120 Å². The van der Waals surface area contributed by atoms with Gasteiger partial charge in [-0.15, -0.1) is 25.6 Å². The first kappa shape index (κ1) is 15.9. The van der Waals surface area contributed by atoms with Gasteiger partial charge in [0.1, 0.15) is 12.4 Å². The smallest absolute Gasteiger partial charge is 0.447 e. The predicted octanol–water partition coefficient (Wildman–Crippen LogP) is 3.55. The van der Waals surface area contributed by atoms with Crippen molar-refractivity contribution in [1.29, 1.82) is 0 Å². The maximum atomic E-state index is 12.1. The van der Waals surface area contributed by atoms with Crippen LogP contribution >= 0.6 is 28.3 Å². The molecule has 0 aliphatic carbocycles. The molecule has 0 radical (unpaired) electrons. The summed E-state index contributed by atoms with van der Waals surface area (Å²) < 4.78 is 45.3. The van der Waals surface area contributed by atoms with Crippen molar-refractivity contribution < 1.29 is 27.4 Å². The van der Waals surface area contributed by atoms with Crippen LogP contribution in [0.2, 0.25) is 0 Å². The third-order valence-electron chi connectivity index (χ3n) is 2.20. The molecule has 1 atom stereocenters. The van der Waals surface area contributed by atoms with Gasteiger partial charge in [0.2, 0.25) is 0 Å². The van der Waals surface area contributed by atoms with Crippen LogP contribution in [-0.2, 0) is 4.74 Å². The molecule has 1 aromatic carbocycles. The van der Waals surface area contributed by atoms with Gasteiger partial charge < -0.3 is 14.8 Å². The summed E-state index contributed by atoms with van der Waals surface area (Å²) in [5.41, 5.74) is 0.467. The average molecular weight is 363 g/mol. The first-order valence-electron chi connectivity index (χ1n) is 4.83. The lowest BCUT2D eigenvalue weighted by atomic mass is 10.1. The first-order chi connectivity index (χ1) is 8.33. The molecule has 0 spiro atoms. The molecule has 4 nitrogen and oxygen atoms in total. The van der Waals surface area contributed by atoms with E-state index in [1.54, 1.807) is 6.07 Å². The molecule has 0 aromatic heterocycles. The van der Waals surface area contributed by atoms with Gasteiger partial charge in [-0.1, -0.05) is 15.9 Å². The topological polar surface area (TPSA) is 47.6 Å². The molecule has 1 heterocycles. The van der Waals surface area contributed by atoms with Crippen LogP contribution in [0, 0.1) is 0 Å². The van der Waals surface area contributed by atoms with E-state index < -0.39 is 18.5 Å². The maximum absolute atomic E-state index is 12.1. The first-order valence-corrected chi connectivity index (χ1v) is 5.62. The molecule has 1 N–H and O–H groups in total. The minimum Gasteiger partial charge on any atom is -0.447 e. The zero-order valence-corrected chi connectivity index (χ0v) is 11.6. The second-order valence-corrected chi connectivity index (χ2v) is 4.48. The summed E-state index contributed by atoms with van der Waals surface area (Å²) in [6.45, 7) is 0.0702. The molecule has 1 amide bonds. The third-order valence-corrected chi connectivity index (χ3v) is 2.66. The molecule has 9 heteroatoms. The number of carbonyl (C=O) groups is 1. The van der Waals surface area contributed by atoms with Crippen molar-refractivity contribution in [3.05, 3.63) is 28.2 Å². The fourth-order valence-corrected chi connectivity index (χ4v) is 2.03. The monoisotopic (exact) mass is 361 g/mol. The second-order valence-electron chi connectivity index (χ2n) is 3.56. The Morgan fingerprint density at radius 1 is 1.37 bits per heavy atom. The third kappa shape index (κ3) is 4.46. The summed E-state index contributed by atoms with van der Waals surface area (Å²) in [7, 11) is 0. The van der Waals surface area contributed by atoms with E-state index in [-0.39, 0.29) is 24.8 Å². The highest BCUT2D eigenvalue weighted by molar-refractivity contribution is 9.10. The van der Waals surface area contributed by atoms with Crippen molar-refractivity contribution in [2.45, 2.75) is 12.4 Å². The van der Waals surface area contributed by atoms with E-state index in [1.165, 1.54) is 12.1 Å². The van der Waals surface area contributed by atoms with Crippen molar-refractivity contribution in [3.8, 4) is 5.75 Å². The summed E-state index contributed by atoms with van der Waals surface area (Å²) in [6, 6.07) is 3.50. The number of alkyl carbamates (subject to hydrolysis) is 1. The molecule has 106 valence electrons. The standard InChI is InChI=1S/C10H7BrF3NO3.ClH/c11-6-1-5(8-4-17-9(16)15-8)2-7(3-6)18-10(12,13)14;/h1-3,8H,4H2,(H,15,16);1H/t8-;/m0./s1. The van der Waals surface area contributed by atoms with E-state index in [4.69, 9.17) is 0 Å². The summed E-state index contributed by atoms with van der Waals surface area (Å²) >= 11 is 3.08. The molecule has 1 fully saturated rings. The van der Waals surface area contributed by atoms with Crippen LogP contribution in [0.25, 0.3) is 0 Å². The number of amides is 1. The van der Waals surface area contributed by atoms with Crippen molar-refractivity contribution in [2.24, 2.45) is 0 Å². The molecule has 2 rings (SSSR count). The van der Waals surface area contributed by atoms with Gasteiger partial charge in [-0.25, -0.2) is 4.79 Å². The summed E-state index contributed by atoms with van der Waals surface area (Å²) in [5.74, 6) is -0.354. The number of carbonyl (C=O) groups excluding carboxylic acids is 1. The number of hydrogen-bond acceptors (Lipinski definition) is 3. The maximum Gasteiger partial charge on any atom is 0.573 e. The number of hydrogen-bond donors (Lipinski definition) is 1. The van der Waals surface area contributed by atoms with Gasteiger partial charge >= 0.3 is 12.5 Å². The van der Waals surface area contributed by atoms with Crippen LogP contribution < -0.4 is 10.1 Å². The Balaban J connectivity index is 0.00000180. The lowest BCUT2D eigenvalue weighted by molar-refractivity contribution is -0.274. The van der Waals surface area contributed by atoms with Crippen LogP contribution in [0.1, 0.15) is 11.6 Å². The van der Waals surface area contributed by atoms with Gasteiger partial charge in [0, 0.05) is 4.47 Å². The predicted molar refractivity (Wildman–Crippen MR) is 65.3 cm³/mol. The molecule has 1 saturated heterocycles. The largest absolute Gasteiger partial charge is 0.573 e. The molecule has 0 saturated carbocycles. The lowest BCUT2D eigenvalue weighted by Crippen LogP contribution is -2.20. The molecular weight excluding hydrogens is 354 g/mol. The second kappa shape index (κ2) is 5.87. The molecule has 19 heavy (non-hydrogen) atoms. The van der Waals surface area contributed by atoms with E-state index in [0.29, 0.717) is 10.0 Å². The zero-order valence-electron chi connectivity index (χ0n) is 9.16. The fourth-order valence-electron chi connectivity index (χ4n) is 1.54. The van der Waals surface area contributed by atoms with Crippen molar-refractivity contribution in [3.63, 3.8) is 0 Å². The van der Waals surface area contributed by atoms with E-state index in [0.717, 1.165) is 0 Å². The van der Waals surface area contributed by atoms with Crippen molar-refractivity contribution in [2.75, 3.05) is 6.61 Å². The van der Waals surface area contributed by atoms with Crippen LogP contribution in [0.3, 0.4) is 0 Å². The number of rotatable bonds is 2. The highest BCUT2D eigenvalue weighted by atomic mass is 79.9. The number of halogens is 5. The summed E-state index contributed by atoms with van der Waals surface area (Å²) in [4.78, 5) is 10.9. The van der Waals surface area contributed by atoms with Gasteiger partial charge in [0.15, 0.2) is 0 Å². The van der Waals surface area contributed by atoms with Gasteiger partial charge in [-0.2, -0.15) is 0 Å². The van der Waals surface area contributed by atoms with Crippen molar-refractivity contribution >= 4 is 34.4 Å². The molecule has 0 bridgehead atoms. The lowest BCUT2D eigenvalue weighted by Gasteiger charge is -2.13. The molecule has 1 aromatic rings. The molecular formula is C10H8BrClF3NO3. The Morgan fingerprint density at radius 3 is 2.58 bits per heavy atom. The normalized spacial score (nSPS) is 18.3. The Kier molecular flexibility index (Phi) is 4.92. The van der Waals surface area contributed by atoms with Gasteiger partial charge in [0.25, 0.3) is 0 Å². The molecule has 0 unspecified atom stereocenters. The summed E-state index contributed by atoms with van der Waals surface area (Å²) in [6.07, 6.45) is -5.36. The molecule has 1 aliphatic rings. The van der Waals surface area contributed by atoms with E-state index in [1.807, 2.05) is 0 Å². The van der Waals surface area contributed by atoms with Crippen LogP contribution in [0.5, 0.6) is 5.75 Å². The number of ether oxygens (including phenoxy) is 2.